The molecule has 4 nitrogen and oxygen atoms in total. The summed E-state index contributed by atoms with van der Waals surface area (Å²) < 4.78 is 5.77. The summed E-state index contributed by atoms with van der Waals surface area (Å²) in [4.78, 5) is 23.3. The molecular weight excluding hydrogens is 472 g/mol. The van der Waals surface area contributed by atoms with E-state index in [1.165, 1.54) is 64.2 Å². The Kier molecular flexibility index (Phi) is 28.3. The molecule has 1 atom stereocenters. The number of carboxylic acid groups (broad SMARTS) is 1. The zero-order valence-corrected chi connectivity index (χ0v) is 25.0. The molecular formula is C34H60O4. The summed E-state index contributed by atoms with van der Waals surface area (Å²) in [5.74, 6) is -0.886. The molecule has 4 heteroatoms. The molecule has 0 radical (unpaired) electrons. The van der Waals surface area contributed by atoms with Gasteiger partial charge in [-0.05, 0) is 64.2 Å². The predicted molar refractivity (Wildman–Crippen MR) is 162 cm³/mol. The molecule has 0 aliphatic rings. The maximum absolute atomic E-state index is 12.4. The van der Waals surface area contributed by atoms with Gasteiger partial charge in [0.05, 0.1) is 0 Å². The lowest BCUT2D eigenvalue weighted by molar-refractivity contribution is -0.150. The Morgan fingerprint density at radius 2 is 1.13 bits per heavy atom. The molecule has 0 bridgehead atoms. The van der Waals surface area contributed by atoms with Crippen LogP contribution in [0.5, 0.6) is 0 Å². The molecule has 220 valence electrons. The number of carbonyl (C=O) groups is 2. The van der Waals surface area contributed by atoms with Crippen molar-refractivity contribution in [3.8, 4) is 0 Å². The third kappa shape index (κ3) is 28.7. The van der Waals surface area contributed by atoms with Gasteiger partial charge in [0.2, 0.25) is 0 Å². The summed E-state index contributed by atoms with van der Waals surface area (Å²) in [7, 11) is 0. The fourth-order valence-corrected chi connectivity index (χ4v) is 4.56. The second kappa shape index (κ2) is 29.7. The van der Waals surface area contributed by atoms with E-state index in [1.807, 2.05) is 0 Å². The van der Waals surface area contributed by atoms with Crippen LogP contribution in [-0.2, 0) is 14.3 Å². The van der Waals surface area contributed by atoms with Crippen LogP contribution in [0.1, 0.15) is 162 Å². The van der Waals surface area contributed by atoms with Gasteiger partial charge in [-0.15, -0.1) is 0 Å². The predicted octanol–water partition coefficient (Wildman–Crippen LogP) is 10.7. The van der Waals surface area contributed by atoms with Gasteiger partial charge in [0, 0.05) is 12.8 Å². The zero-order chi connectivity index (χ0) is 27.9. The van der Waals surface area contributed by atoms with Crippen LogP contribution in [0.3, 0.4) is 0 Å². The summed E-state index contributed by atoms with van der Waals surface area (Å²) in [6, 6.07) is 0. The Morgan fingerprint density at radius 3 is 1.76 bits per heavy atom. The highest BCUT2D eigenvalue weighted by molar-refractivity contribution is 5.69. The van der Waals surface area contributed by atoms with Gasteiger partial charge in [0.1, 0.15) is 6.10 Å². The molecule has 0 aromatic carbocycles. The second-order valence-electron chi connectivity index (χ2n) is 10.6. The second-order valence-corrected chi connectivity index (χ2v) is 10.6. The molecule has 1 N–H and O–H groups in total. The summed E-state index contributed by atoms with van der Waals surface area (Å²) in [5, 5.41) is 8.94. The van der Waals surface area contributed by atoms with Crippen molar-refractivity contribution in [3.05, 3.63) is 36.5 Å². The van der Waals surface area contributed by atoms with Crippen LogP contribution in [0.2, 0.25) is 0 Å². The topological polar surface area (TPSA) is 63.6 Å². The van der Waals surface area contributed by atoms with Gasteiger partial charge in [-0.1, -0.05) is 121 Å². The number of ether oxygens (including phenoxy) is 1. The Morgan fingerprint density at radius 1 is 0.605 bits per heavy atom. The number of allylic oxidation sites excluding steroid dienone is 6. The molecule has 0 aliphatic carbocycles. The molecule has 0 saturated heterocycles. The number of esters is 1. The van der Waals surface area contributed by atoms with Gasteiger partial charge in [-0.3, -0.25) is 9.59 Å². The summed E-state index contributed by atoms with van der Waals surface area (Å²) in [5.41, 5.74) is 0. The first kappa shape index (κ1) is 36.2. The van der Waals surface area contributed by atoms with Crippen LogP contribution in [0.4, 0.5) is 0 Å². The quantitative estimate of drug-likeness (QED) is 0.0618. The van der Waals surface area contributed by atoms with Gasteiger partial charge in [0.15, 0.2) is 0 Å². The largest absolute Gasteiger partial charge is 0.481 e. The van der Waals surface area contributed by atoms with Crippen LogP contribution in [0.15, 0.2) is 36.5 Å². The molecule has 0 aliphatic heterocycles. The zero-order valence-electron chi connectivity index (χ0n) is 25.0. The maximum atomic E-state index is 12.4. The molecule has 0 saturated carbocycles. The minimum Gasteiger partial charge on any atom is -0.481 e. The lowest BCUT2D eigenvalue weighted by Crippen LogP contribution is -2.18. The van der Waals surface area contributed by atoms with Crippen molar-refractivity contribution < 1.29 is 19.4 Å². The molecule has 0 spiro atoms. The first-order valence-corrected chi connectivity index (χ1v) is 16.0. The number of hydrogen-bond donors (Lipinski definition) is 1. The Balaban J connectivity index is 3.90. The van der Waals surface area contributed by atoms with E-state index in [-0.39, 0.29) is 18.5 Å². The minimum absolute atomic E-state index is 0.109. The number of carboxylic acids is 1. The first-order valence-electron chi connectivity index (χ1n) is 16.0. The van der Waals surface area contributed by atoms with E-state index in [9.17, 15) is 9.59 Å². The van der Waals surface area contributed by atoms with Gasteiger partial charge in [0.25, 0.3) is 0 Å². The average molecular weight is 533 g/mol. The molecule has 1 unspecified atom stereocenters. The molecule has 0 aromatic rings. The van der Waals surface area contributed by atoms with Crippen LogP contribution in [-0.4, -0.2) is 23.1 Å². The SMILES string of the molecule is CC/C=C\C/C=C\C/C=C\CCCCCCCC(=O)OC(CCCCCCCCCCC)CCCC(=O)O. The third-order valence-corrected chi connectivity index (χ3v) is 6.88. The van der Waals surface area contributed by atoms with Crippen molar-refractivity contribution in [1.29, 1.82) is 0 Å². The van der Waals surface area contributed by atoms with Crippen molar-refractivity contribution in [2.75, 3.05) is 0 Å². The van der Waals surface area contributed by atoms with E-state index in [0.29, 0.717) is 19.3 Å². The highest BCUT2D eigenvalue weighted by Gasteiger charge is 2.15. The van der Waals surface area contributed by atoms with E-state index in [4.69, 9.17) is 9.84 Å². The standard InChI is InChI=1S/C34H60O4/c1-3-5-7-9-11-13-14-15-16-17-18-20-22-24-26-31-34(37)38-32(29-27-30-33(35)36)28-25-23-21-19-12-10-8-6-4-2/h5,7,11,13,15-16,32H,3-4,6,8-10,12,14,17-31H2,1-2H3,(H,35,36)/b7-5-,13-11-,16-15-. The van der Waals surface area contributed by atoms with E-state index >= 15 is 0 Å². The Hall–Kier alpha value is -1.84. The van der Waals surface area contributed by atoms with Gasteiger partial charge >= 0.3 is 11.9 Å². The van der Waals surface area contributed by atoms with E-state index in [1.54, 1.807) is 0 Å². The average Bonchev–Trinajstić information content (AvgIpc) is 2.89. The Bertz CT molecular complexity index is 620. The van der Waals surface area contributed by atoms with Crippen molar-refractivity contribution >= 4 is 11.9 Å². The first-order chi connectivity index (χ1) is 18.6. The highest BCUT2D eigenvalue weighted by Crippen LogP contribution is 2.17. The molecule has 38 heavy (non-hydrogen) atoms. The van der Waals surface area contributed by atoms with Crippen LogP contribution in [0.25, 0.3) is 0 Å². The smallest absolute Gasteiger partial charge is 0.306 e. The number of hydrogen-bond acceptors (Lipinski definition) is 3. The van der Waals surface area contributed by atoms with Crippen molar-refractivity contribution in [2.45, 2.75) is 168 Å². The van der Waals surface area contributed by atoms with Crippen LogP contribution in [0, 0.1) is 0 Å². The number of unbranched alkanes of at least 4 members (excludes halogenated alkanes) is 13. The van der Waals surface area contributed by atoms with Gasteiger partial charge < -0.3 is 9.84 Å². The van der Waals surface area contributed by atoms with E-state index in [2.05, 4.69) is 50.3 Å². The maximum Gasteiger partial charge on any atom is 0.306 e. The van der Waals surface area contributed by atoms with Crippen molar-refractivity contribution in [1.82, 2.24) is 0 Å². The molecule has 0 aromatic heterocycles. The van der Waals surface area contributed by atoms with Gasteiger partial charge in [-0.25, -0.2) is 0 Å². The van der Waals surface area contributed by atoms with Crippen molar-refractivity contribution in [3.63, 3.8) is 0 Å². The monoisotopic (exact) mass is 532 g/mol. The molecule has 0 amide bonds. The molecule has 0 rings (SSSR count). The Labute approximate surface area is 235 Å². The fourth-order valence-electron chi connectivity index (χ4n) is 4.56. The third-order valence-electron chi connectivity index (χ3n) is 6.88. The van der Waals surface area contributed by atoms with Crippen LogP contribution >= 0.6 is 0 Å². The lowest BCUT2D eigenvalue weighted by Gasteiger charge is -2.18. The summed E-state index contributed by atoms with van der Waals surface area (Å²) in [6.45, 7) is 4.40. The number of carbonyl (C=O) groups excluding carboxylic acids is 1. The highest BCUT2D eigenvalue weighted by atomic mass is 16.5. The number of rotatable bonds is 28. The summed E-state index contributed by atoms with van der Waals surface area (Å²) >= 11 is 0. The fraction of sp³-hybridized carbons (Fsp3) is 0.765. The summed E-state index contributed by atoms with van der Waals surface area (Å²) in [6.07, 6.45) is 37.2. The number of aliphatic carboxylic acids is 1. The van der Waals surface area contributed by atoms with Crippen LogP contribution < -0.4 is 0 Å². The molecule has 0 fully saturated rings. The van der Waals surface area contributed by atoms with Crippen molar-refractivity contribution in [2.24, 2.45) is 0 Å². The van der Waals surface area contributed by atoms with Gasteiger partial charge in [-0.2, -0.15) is 0 Å². The normalized spacial score (nSPS) is 12.7. The minimum atomic E-state index is -0.777. The lowest BCUT2D eigenvalue weighted by atomic mass is 10.0. The van der Waals surface area contributed by atoms with E-state index < -0.39 is 5.97 Å². The molecule has 0 heterocycles. The van der Waals surface area contributed by atoms with E-state index in [0.717, 1.165) is 57.8 Å².